The lowest BCUT2D eigenvalue weighted by atomic mass is 10.3. The van der Waals surface area contributed by atoms with Crippen molar-refractivity contribution >= 4 is 12.6 Å². The van der Waals surface area contributed by atoms with Crippen molar-refractivity contribution in [3.8, 4) is 12.3 Å². The second-order valence-corrected chi connectivity index (χ2v) is 2.47. The second kappa shape index (κ2) is 4.08. The first kappa shape index (κ1) is 6.91. The zero-order chi connectivity index (χ0) is 5.70. The molecule has 0 aromatic heterocycles. The highest BCUT2D eigenvalue weighted by molar-refractivity contribution is 7.80. The molecule has 0 nitrogen and oxygen atoms in total. The summed E-state index contributed by atoms with van der Waals surface area (Å²) in [5.74, 6) is 2.55. The van der Waals surface area contributed by atoms with Gasteiger partial charge in [-0.15, -0.1) is 12.3 Å². The van der Waals surface area contributed by atoms with Gasteiger partial charge in [0.25, 0.3) is 0 Å². The zero-order valence-corrected chi connectivity index (χ0v) is 5.41. The number of rotatable bonds is 2. The monoisotopic (exact) mass is 114 g/mol. The Balaban J connectivity index is 2.86. The Kier molecular flexibility index (Phi) is 4.03. The van der Waals surface area contributed by atoms with Crippen molar-refractivity contribution in [2.24, 2.45) is 0 Å². The van der Waals surface area contributed by atoms with Crippen molar-refractivity contribution in [3.63, 3.8) is 0 Å². The van der Waals surface area contributed by atoms with E-state index in [2.05, 4.69) is 18.5 Å². The van der Waals surface area contributed by atoms with Gasteiger partial charge >= 0.3 is 0 Å². The van der Waals surface area contributed by atoms with E-state index in [1.165, 1.54) is 0 Å². The number of hydrogen-bond acceptors (Lipinski definition) is 1. The number of terminal acetylenes is 1. The van der Waals surface area contributed by atoms with Gasteiger partial charge < -0.3 is 0 Å². The highest BCUT2D eigenvalue weighted by Crippen LogP contribution is 2.00. The first-order valence-corrected chi connectivity index (χ1v) is 2.90. The highest BCUT2D eigenvalue weighted by Gasteiger charge is 1.88. The van der Waals surface area contributed by atoms with Crippen molar-refractivity contribution in [1.29, 1.82) is 0 Å². The minimum Gasteiger partial charge on any atom is -0.176 e. The Morgan fingerprint density at radius 3 is 2.57 bits per heavy atom. The van der Waals surface area contributed by atoms with Crippen LogP contribution < -0.4 is 0 Å². The summed E-state index contributed by atoms with van der Waals surface area (Å²) in [6.07, 6.45) is 6.87. The lowest BCUT2D eigenvalue weighted by molar-refractivity contribution is 0.852. The lowest BCUT2D eigenvalue weighted by Crippen LogP contribution is -1.87. The van der Waals surface area contributed by atoms with E-state index in [9.17, 15) is 0 Å². The summed E-state index contributed by atoms with van der Waals surface area (Å²) in [5.41, 5.74) is 0. The van der Waals surface area contributed by atoms with Crippen LogP contribution in [0.25, 0.3) is 0 Å². The molecule has 1 atom stereocenters. The normalized spacial score (nSPS) is 12.7. The van der Waals surface area contributed by atoms with Crippen LogP contribution in [0.3, 0.4) is 0 Å². The molecule has 1 heteroatoms. The van der Waals surface area contributed by atoms with Gasteiger partial charge in [-0.05, 0) is 11.7 Å². The maximum absolute atomic E-state index is 4.99. The van der Waals surface area contributed by atoms with Crippen LogP contribution in [0, 0.1) is 12.3 Å². The van der Waals surface area contributed by atoms with Crippen LogP contribution in [-0.2, 0) is 0 Å². The fraction of sp³-hybridized carbons (Fsp3) is 0.667. The summed E-state index contributed by atoms with van der Waals surface area (Å²) < 4.78 is 0. The van der Waals surface area contributed by atoms with E-state index in [1.54, 1.807) is 0 Å². The third kappa shape index (κ3) is 5.91. The van der Waals surface area contributed by atoms with E-state index < -0.39 is 0 Å². The molecule has 0 saturated carbocycles. The van der Waals surface area contributed by atoms with Crippen LogP contribution in [0.4, 0.5) is 0 Å². The minimum atomic E-state index is 0.455. The molecule has 0 N–H and O–H groups in total. The van der Waals surface area contributed by atoms with E-state index in [0.29, 0.717) is 5.25 Å². The van der Waals surface area contributed by atoms with Gasteiger partial charge in [0.15, 0.2) is 0 Å². The Labute approximate surface area is 50.7 Å². The summed E-state index contributed by atoms with van der Waals surface area (Å²) in [7, 11) is 0. The summed E-state index contributed by atoms with van der Waals surface area (Å²) in [5, 5.41) is 0.455. The Morgan fingerprint density at radius 1 is 1.86 bits per heavy atom. The Morgan fingerprint density at radius 2 is 2.43 bits per heavy atom. The quantitative estimate of drug-likeness (QED) is 0.410. The molecule has 0 bridgehead atoms. The predicted octanol–water partition coefficient (Wildman–Crippen LogP) is 1.72. The van der Waals surface area contributed by atoms with Crippen molar-refractivity contribution in [2.45, 2.75) is 25.0 Å². The molecule has 0 spiro atoms. The Bertz CT molecular complexity index is 68.7. The van der Waals surface area contributed by atoms with E-state index in [0.717, 1.165) is 12.8 Å². The summed E-state index contributed by atoms with van der Waals surface area (Å²) in [6, 6.07) is 0. The topological polar surface area (TPSA) is 0 Å². The first-order valence-electron chi connectivity index (χ1n) is 2.39. The molecule has 0 radical (unpaired) electrons. The van der Waals surface area contributed by atoms with Crippen molar-refractivity contribution in [2.75, 3.05) is 0 Å². The van der Waals surface area contributed by atoms with Crippen LogP contribution in [0.2, 0.25) is 0 Å². The van der Waals surface area contributed by atoms with Crippen LogP contribution in [-0.4, -0.2) is 5.25 Å². The second-order valence-electron chi connectivity index (χ2n) is 1.59. The maximum Gasteiger partial charge on any atom is 0.00963 e. The fourth-order valence-corrected chi connectivity index (χ4v) is 0.421. The molecular formula is C6H10S. The summed E-state index contributed by atoms with van der Waals surface area (Å²) in [4.78, 5) is 0. The predicted molar refractivity (Wildman–Crippen MR) is 36.5 cm³/mol. The van der Waals surface area contributed by atoms with Crippen molar-refractivity contribution < 1.29 is 0 Å². The van der Waals surface area contributed by atoms with Crippen molar-refractivity contribution in [1.82, 2.24) is 0 Å². The molecule has 0 saturated heterocycles. The summed E-state index contributed by atoms with van der Waals surface area (Å²) >= 11 is 4.14. The first-order chi connectivity index (χ1) is 3.27. The molecule has 0 heterocycles. The SMILES string of the molecule is C#CCCC(C)S. The average Bonchev–Trinajstić information content (AvgIpc) is 1.61. The zero-order valence-electron chi connectivity index (χ0n) is 4.52. The van der Waals surface area contributed by atoms with Crippen LogP contribution in [0.5, 0.6) is 0 Å². The molecule has 0 aliphatic heterocycles. The number of hydrogen-bond donors (Lipinski definition) is 1. The summed E-state index contributed by atoms with van der Waals surface area (Å²) in [6.45, 7) is 2.04. The average molecular weight is 114 g/mol. The smallest absolute Gasteiger partial charge is 0.00963 e. The van der Waals surface area contributed by atoms with Gasteiger partial charge in [0.2, 0.25) is 0 Å². The molecule has 0 aromatic carbocycles. The van der Waals surface area contributed by atoms with Crippen LogP contribution in [0.15, 0.2) is 0 Å². The van der Waals surface area contributed by atoms with Crippen LogP contribution in [0.1, 0.15) is 19.8 Å². The molecule has 40 valence electrons. The Hall–Kier alpha value is -0.0900. The molecule has 0 aliphatic rings. The molecule has 0 amide bonds. The largest absolute Gasteiger partial charge is 0.176 e. The third-order valence-electron chi connectivity index (χ3n) is 0.706. The van der Waals surface area contributed by atoms with E-state index in [-0.39, 0.29) is 0 Å². The van der Waals surface area contributed by atoms with Gasteiger partial charge in [-0.3, -0.25) is 0 Å². The van der Waals surface area contributed by atoms with E-state index >= 15 is 0 Å². The molecule has 0 aromatic rings. The van der Waals surface area contributed by atoms with Gasteiger partial charge in [-0.25, -0.2) is 0 Å². The lowest BCUT2D eigenvalue weighted by Gasteiger charge is -1.94. The standard InChI is InChI=1S/C6H10S/c1-3-4-5-6(2)7/h1,6-7H,4-5H2,2H3. The molecule has 1 unspecified atom stereocenters. The van der Waals surface area contributed by atoms with Crippen LogP contribution >= 0.6 is 12.6 Å². The van der Waals surface area contributed by atoms with E-state index in [1.807, 2.05) is 6.92 Å². The molecular weight excluding hydrogens is 104 g/mol. The number of thiol groups is 1. The fourth-order valence-electron chi connectivity index (χ4n) is 0.292. The molecule has 0 fully saturated rings. The minimum absolute atomic E-state index is 0.455. The maximum atomic E-state index is 4.99. The van der Waals surface area contributed by atoms with Gasteiger partial charge in [0, 0.05) is 6.42 Å². The van der Waals surface area contributed by atoms with E-state index in [4.69, 9.17) is 6.42 Å². The van der Waals surface area contributed by atoms with Gasteiger partial charge in [-0.1, -0.05) is 6.92 Å². The van der Waals surface area contributed by atoms with Crippen molar-refractivity contribution in [3.05, 3.63) is 0 Å². The highest BCUT2D eigenvalue weighted by atomic mass is 32.1. The molecule has 7 heavy (non-hydrogen) atoms. The molecule has 0 rings (SSSR count). The van der Waals surface area contributed by atoms with Gasteiger partial charge in [0.05, 0.1) is 0 Å². The van der Waals surface area contributed by atoms with Gasteiger partial charge in [-0.2, -0.15) is 12.6 Å². The molecule has 0 aliphatic carbocycles. The van der Waals surface area contributed by atoms with Gasteiger partial charge in [0.1, 0.15) is 0 Å². The third-order valence-corrected chi connectivity index (χ3v) is 0.965.